The minimum Gasteiger partial charge on any atom is -0.504 e. The highest BCUT2D eigenvalue weighted by atomic mass is 16.3. The van der Waals surface area contributed by atoms with Crippen LogP contribution in [0.2, 0.25) is 0 Å². The van der Waals surface area contributed by atoms with E-state index in [9.17, 15) is 15.3 Å². The van der Waals surface area contributed by atoms with Gasteiger partial charge in [0.1, 0.15) is 0 Å². The average molecular weight is 263 g/mol. The summed E-state index contributed by atoms with van der Waals surface area (Å²) in [4.78, 5) is 0. The first-order chi connectivity index (χ1) is 9.08. The molecule has 0 aliphatic heterocycles. The summed E-state index contributed by atoms with van der Waals surface area (Å²) in [6.07, 6.45) is 3.60. The van der Waals surface area contributed by atoms with Crippen molar-refractivity contribution in [2.75, 3.05) is 0 Å². The fourth-order valence-electron chi connectivity index (χ4n) is 1.79. The lowest BCUT2D eigenvalue weighted by Gasteiger charge is -2.15. The van der Waals surface area contributed by atoms with Crippen LogP contribution in [0.4, 0.5) is 0 Å². The van der Waals surface area contributed by atoms with Crippen LogP contribution in [0.25, 0.3) is 0 Å². The molecule has 2 aromatic rings. The molecule has 6 heteroatoms. The van der Waals surface area contributed by atoms with Crippen molar-refractivity contribution in [2.45, 2.75) is 26.1 Å². The van der Waals surface area contributed by atoms with Crippen LogP contribution in [-0.4, -0.2) is 31.1 Å². The van der Waals surface area contributed by atoms with Gasteiger partial charge in [-0.3, -0.25) is 4.68 Å². The number of aromatic hydroxyl groups is 3. The second-order valence-electron chi connectivity index (χ2n) is 4.45. The Balaban J connectivity index is 1.93. The summed E-state index contributed by atoms with van der Waals surface area (Å²) in [5.74, 6) is -1.11. The van der Waals surface area contributed by atoms with Gasteiger partial charge in [-0.25, -0.2) is 0 Å². The largest absolute Gasteiger partial charge is 0.504 e. The molecule has 6 nitrogen and oxygen atoms in total. The fraction of sp³-hybridized carbons (Fsp3) is 0.308. The van der Waals surface area contributed by atoms with Gasteiger partial charge in [0.25, 0.3) is 0 Å². The number of nitrogens with one attached hydrogen (secondary N) is 1. The fourth-order valence-corrected chi connectivity index (χ4v) is 1.79. The van der Waals surface area contributed by atoms with Gasteiger partial charge >= 0.3 is 0 Å². The molecule has 19 heavy (non-hydrogen) atoms. The number of benzene rings is 1. The van der Waals surface area contributed by atoms with Gasteiger partial charge in [-0.05, 0) is 19.1 Å². The van der Waals surface area contributed by atoms with Crippen LogP contribution >= 0.6 is 0 Å². The summed E-state index contributed by atoms with van der Waals surface area (Å²) in [5, 5.41) is 35.6. The van der Waals surface area contributed by atoms with Crippen molar-refractivity contribution >= 4 is 0 Å². The average Bonchev–Trinajstić information content (AvgIpc) is 2.88. The van der Waals surface area contributed by atoms with Gasteiger partial charge in [0.15, 0.2) is 11.5 Å². The van der Waals surface area contributed by atoms with Crippen LogP contribution in [0.3, 0.4) is 0 Å². The van der Waals surface area contributed by atoms with E-state index in [0.29, 0.717) is 18.7 Å². The molecule has 0 fully saturated rings. The first kappa shape index (κ1) is 13.2. The van der Waals surface area contributed by atoms with Gasteiger partial charge in [-0.2, -0.15) is 5.10 Å². The zero-order chi connectivity index (χ0) is 13.8. The van der Waals surface area contributed by atoms with E-state index in [1.54, 1.807) is 12.3 Å². The third kappa shape index (κ3) is 3.17. The van der Waals surface area contributed by atoms with E-state index in [2.05, 4.69) is 10.4 Å². The molecular weight excluding hydrogens is 246 g/mol. The molecule has 0 saturated carbocycles. The zero-order valence-corrected chi connectivity index (χ0v) is 10.6. The molecule has 1 unspecified atom stereocenters. The third-order valence-corrected chi connectivity index (χ3v) is 2.87. The number of hydrogen-bond donors (Lipinski definition) is 4. The normalized spacial score (nSPS) is 12.5. The van der Waals surface area contributed by atoms with Crippen molar-refractivity contribution in [3.63, 3.8) is 0 Å². The predicted octanol–water partition coefficient (Wildman–Crippen LogP) is 1.18. The molecule has 1 aromatic heterocycles. The minimum absolute atomic E-state index is 0.148. The molecule has 1 heterocycles. The standard InChI is InChI=1S/C13H17N3O3/c1-9(8-16-6-2-5-15-16)14-7-10-3-4-11(17)13(19)12(10)18/h2-6,9,14,17-19H,7-8H2,1H3. The molecular formula is C13H17N3O3. The molecule has 0 amide bonds. The number of hydrogen-bond acceptors (Lipinski definition) is 5. The SMILES string of the molecule is CC(Cn1cccn1)NCc1ccc(O)c(O)c1O. The zero-order valence-electron chi connectivity index (χ0n) is 10.6. The van der Waals surface area contributed by atoms with Gasteiger partial charge in [0.2, 0.25) is 5.75 Å². The number of phenols is 3. The smallest absolute Gasteiger partial charge is 0.200 e. The molecule has 0 radical (unpaired) electrons. The molecule has 0 aliphatic carbocycles. The van der Waals surface area contributed by atoms with Crippen LogP contribution in [-0.2, 0) is 13.1 Å². The maximum Gasteiger partial charge on any atom is 0.200 e. The first-order valence-corrected chi connectivity index (χ1v) is 6.01. The van der Waals surface area contributed by atoms with E-state index >= 15 is 0 Å². The maximum absolute atomic E-state index is 9.68. The summed E-state index contributed by atoms with van der Waals surface area (Å²) in [5.41, 5.74) is 0.530. The van der Waals surface area contributed by atoms with E-state index in [1.165, 1.54) is 6.07 Å². The number of nitrogens with zero attached hydrogens (tertiary/aromatic N) is 2. The Hall–Kier alpha value is -2.21. The molecule has 102 valence electrons. The second-order valence-corrected chi connectivity index (χ2v) is 4.45. The summed E-state index contributed by atoms with van der Waals surface area (Å²) in [7, 11) is 0. The van der Waals surface area contributed by atoms with E-state index in [0.717, 1.165) is 0 Å². The Morgan fingerprint density at radius 3 is 2.74 bits per heavy atom. The van der Waals surface area contributed by atoms with E-state index in [1.807, 2.05) is 23.9 Å². The monoisotopic (exact) mass is 263 g/mol. The molecule has 0 aliphatic rings. The Morgan fingerprint density at radius 2 is 2.05 bits per heavy atom. The topological polar surface area (TPSA) is 90.5 Å². The quantitative estimate of drug-likeness (QED) is 0.608. The van der Waals surface area contributed by atoms with Crippen molar-refractivity contribution in [3.8, 4) is 17.2 Å². The third-order valence-electron chi connectivity index (χ3n) is 2.87. The Labute approximate surface area is 110 Å². The Bertz CT molecular complexity index is 540. The molecule has 2 rings (SSSR count). The van der Waals surface area contributed by atoms with Crippen molar-refractivity contribution in [3.05, 3.63) is 36.2 Å². The minimum atomic E-state index is -0.487. The summed E-state index contributed by atoms with van der Waals surface area (Å²) >= 11 is 0. The molecule has 4 N–H and O–H groups in total. The highest BCUT2D eigenvalue weighted by Crippen LogP contribution is 2.36. The van der Waals surface area contributed by atoms with E-state index in [-0.39, 0.29) is 17.5 Å². The molecule has 1 atom stereocenters. The van der Waals surface area contributed by atoms with Gasteiger partial charge in [-0.1, -0.05) is 6.07 Å². The van der Waals surface area contributed by atoms with E-state index in [4.69, 9.17) is 0 Å². The predicted molar refractivity (Wildman–Crippen MR) is 70.0 cm³/mol. The summed E-state index contributed by atoms with van der Waals surface area (Å²) in [6, 6.07) is 4.92. The molecule has 0 saturated heterocycles. The van der Waals surface area contributed by atoms with Crippen LogP contribution < -0.4 is 5.32 Å². The second kappa shape index (κ2) is 5.62. The van der Waals surface area contributed by atoms with Crippen molar-refractivity contribution in [1.29, 1.82) is 0 Å². The van der Waals surface area contributed by atoms with Gasteiger partial charge in [-0.15, -0.1) is 0 Å². The highest BCUT2D eigenvalue weighted by Gasteiger charge is 2.11. The van der Waals surface area contributed by atoms with Gasteiger partial charge in [0, 0.05) is 30.5 Å². The van der Waals surface area contributed by atoms with Gasteiger partial charge in [0.05, 0.1) is 6.54 Å². The van der Waals surface area contributed by atoms with Crippen molar-refractivity contribution in [2.24, 2.45) is 0 Å². The van der Waals surface area contributed by atoms with Crippen LogP contribution in [0.1, 0.15) is 12.5 Å². The highest BCUT2D eigenvalue weighted by molar-refractivity contribution is 5.52. The molecule has 0 spiro atoms. The summed E-state index contributed by atoms with van der Waals surface area (Å²) < 4.78 is 1.81. The summed E-state index contributed by atoms with van der Waals surface area (Å²) in [6.45, 7) is 3.10. The molecule has 1 aromatic carbocycles. The molecule has 0 bridgehead atoms. The maximum atomic E-state index is 9.68. The first-order valence-electron chi connectivity index (χ1n) is 6.01. The Kier molecular flexibility index (Phi) is 3.91. The lowest BCUT2D eigenvalue weighted by Crippen LogP contribution is -2.30. The van der Waals surface area contributed by atoms with Crippen LogP contribution in [0.15, 0.2) is 30.6 Å². The van der Waals surface area contributed by atoms with E-state index < -0.39 is 5.75 Å². The van der Waals surface area contributed by atoms with Crippen LogP contribution in [0, 0.1) is 0 Å². The van der Waals surface area contributed by atoms with Gasteiger partial charge < -0.3 is 20.6 Å². The van der Waals surface area contributed by atoms with Crippen molar-refractivity contribution in [1.82, 2.24) is 15.1 Å². The number of phenolic OH excluding ortho intramolecular Hbond substituents is 3. The lowest BCUT2D eigenvalue weighted by atomic mass is 10.1. The Morgan fingerprint density at radius 1 is 1.26 bits per heavy atom. The number of rotatable bonds is 5. The number of aromatic nitrogens is 2. The van der Waals surface area contributed by atoms with Crippen LogP contribution in [0.5, 0.6) is 17.2 Å². The lowest BCUT2D eigenvalue weighted by molar-refractivity contribution is 0.362. The van der Waals surface area contributed by atoms with Crippen molar-refractivity contribution < 1.29 is 15.3 Å².